The predicted octanol–water partition coefficient (Wildman–Crippen LogP) is 3.90. The summed E-state index contributed by atoms with van der Waals surface area (Å²) in [5.74, 6) is -0.207. The van der Waals surface area contributed by atoms with Gasteiger partial charge in [0, 0.05) is 24.9 Å². The number of anilines is 1. The summed E-state index contributed by atoms with van der Waals surface area (Å²) in [5.41, 5.74) is 3.44. The van der Waals surface area contributed by atoms with Crippen LogP contribution < -0.4 is 4.90 Å². The Morgan fingerprint density at radius 2 is 2.15 bits per heavy atom. The lowest BCUT2D eigenvalue weighted by Crippen LogP contribution is -2.48. The van der Waals surface area contributed by atoms with Crippen molar-refractivity contribution in [2.45, 2.75) is 45.6 Å². The van der Waals surface area contributed by atoms with Crippen LogP contribution >= 0.6 is 0 Å². The van der Waals surface area contributed by atoms with E-state index in [1.54, 1.807) is 6.08 Å². The molecule has 0 radical (unpaired) electrons. The number of nitriles is 1. The van der Waals surface area contributed by atoms with Crippen molar-refractivity contribution in [3.05, 3.63) is 34.9 Å². The molecule has 0 spiro atoms. The van der Waals surface area contributed by atoms with Crippen LogP contribution in [0.3, 0.4) is 0 Å². The second-order valence-electron chi connectivity index (χ2n) is 7.28. The van der Waals surface area contributed by atoms with E-state index in [2.05, 4.69) is 44.7 Å². The number of hydrogen-bond acceptors (Lipinski definition) is 5. The zero-order chi connectivity index (χ0) is 19.3. The monoisotopic (exact) mass is 356 g/mol. The number of ether oxygens (including phenoxy) is 2. The van der Waals surface area contributed by atoms with Gasteiger partial charge in [0.15, 0.2) is 0 Å². The number of hydrogen-bond donors (Lipinski definition) is 0. The summed E-state index contributed by atoms with van der Waals surface area (Å²) in [7, 11) is 1.53. The highest BCUT2D eigenvalue weighted by Gasteiger charge is 2.35. The number of benzene rings is 1. The topological polar surface area (TPSA) is 62.6 Å². The van der Waals surface area contributed by atoms with Crippen molar-refractivity contribution < 1.29 is 14.3 Å². The molecular formula is C21H28N2O3. The van der Waals surface area contributed by atoms with E-state index in [0.717, 1.165) is 18.5 Å². The molecule has 1 unspecified atom stereocenters. The van der Waals surface area contributed by atoms with Crippen molar-refractivity contribution in [1.82, 2.24) is 0 Å². The Balaban J connectivity index is 2.31. The fourth-order valence-electron chi connectivity index (χ4n) is 3.80. The Hall–Kier alpha value is -2.32. The van der Waals surface area contributed by atoms with Crippen LogP contribution in [0.1, 0.15) is 51.2 Å². The summed E-state index contributed by atoms with van der Waals surface area (Å²) in [5, 5.41) is 9.29. The minimum Gasteiger partial charge on any atom is -0.459 e. The molecule has 1 aliphatic heterocycles. The highest BCUT2D eigenvalue weighted by Crippen LogP contribution is 2.43. The lowest BCUT2D eigenvalue weighted by Gasteiger charge is -2.47. The smallest absolute Gasteiger partial charge is 0.348 e. The van der Waals surface area contributed by atoms with E-state index in [1.165, 1.54) is 18.4 Å². The van der Waals surface area contributed by atoms with Crippen LogP contribution in [0.2, 0.25) is 0 Å². The predicted molar refractivity (Wildman–Crippen MR) is 103 cm³/mol. The largest absolute Gasteiger partial charge is 0.459 e. The molecule has 0 aromatic heterocycles. The van der Waals surface area contributed by atoms with E-state index in [-0.39, 0.29) is 17.7 Å². The number of nitrogens with zero attached hydrogens (tertiary/aromatic N) is 2. The van der Waals surface area contributed by atoms with Gasteiger partial charge in [0.2, 0.25) is 0 Å². The molecule has 0 N–H and O–H groups in total. The summed E-state index contributed by atoms with van der Waals surface area (Å²) >= 11 is 0. The van der Waals surface area contributed by atoms with Crippen LogP contribution in [0.25, 0.3) is 6.08 Å². The molecular weight excluding hydrogens is 328 g/mol. The lowest BCUT2D eigenvalue weighted by molar-refractivity contribution is -0.139. The van der Waals surface area contributed by atoms with Gasteiger partial charge in [0.05, 0.1) is 6.61 Å². The van der Waals surface area contributed by atoms with E-state index in [9.17, 15) is 10.1 Å². The van der Waals surface area contributed by atoms with E-state index in [0.29, 0.717) is 12.5 Å². The maximum Gasteiger partial charge on any atom is 0.348 e. The first-order valence-electron chi connectivity index (χ1n) is 9.03. The van der Waals surface area contributed by atoms with Gasteiger partial charge in [-0.15, -0.1) is 0 Å². The quantitative estimate of drug-likeness (QED) is 0.335. The molecule has 0 saturated heterocycles. The van der Waals surface area contributed by atoms with Crippen LogP contribution in [-0.2, 0) is 14.3 Å². The third kappa shape index (κ3) is 4.25. The van der Waals surface area contributed by atoms with Crippen molar-refractivity contribution >= 4 is 17.7 Å². The fraction of sp³-hybridized carbons (Fsp3) is 0.524. The normalized spacial score (nSPS) is 18.8. The van der Waals surface area contributed by atoms with E-state index >= 15 is 0 Å². The van der Waals surface area contributed by atoms with E-state index in [4.69, 9.17) is 9.47 Å². The zero-order valence-corrected chi connectivity index (χ0v) is 16.3. The van der Waals surface area contributed by atoms with Crippen molar-refractivity contribution in [3.8, 4) is 6.07 Å². The van der Waals surface area contributed by atoms with Gasteiger partial charge in [-0.1, -0.05) is 13.0 Å². The summed E-state index contributed by atoms with van der Waals surface area (Å²) in [6.45, 7) is 10.3. The Bertz CT molecular complexity index is 731. The number of esters is 1. The highest BCUT2D eigenvalue weighted by molar-refractivity contribution is 5.98. The molecule has 0 saturated carbocycles. The van der Waals surface area contributed by atoms with Crippen molar-refractivity contribution in [2.24, 2.45) is 0 Å². The molecule has 1 heterocycles. The first-order valence-corrected chi connectivity index (χ1v) is 9.03. The van der Waals surface area contributed by atoms with Crippen LogP contribution in [0.15, 0.2) is 23.8 Å². The molecule has 1 atom stereocenters. The van der Waals surface area contributed by atoms with Gasteiger partial charge < -0.3 is 14.4 Å². The molecule has 26 heavy (non-hydrogen) atoms. The Kier molecular flexibility index (Phi) is 6.44. The maximum absolute atomic E-state index is 12.0. The summed E-state index contributed by atoms with van der Waals surface area (Å²) in [6.07, 6.45) is 2.66. The Labute approximate surface area is 156 Å². The maximum atomic E-state index is 12.0. The van der Waals surface area contributed by atoms with E-state index < -0.39 is 5.97 Å². The number of methoxy groups -OCH3 is 1. The van der Waals surface area contributed by atoms with Gasteiger partial charge in [0.25, 0.3) is 0 Å². The number of carbonyl (C=O) groups excluding carboxylic acids is 1. The van der Waals surface area contributed by atoms with Gasteiger partial charge in [-0.2, -0.15) is 5.26 Å². The van der Waals surface area contributed by atoms with Crippen LogP contribution in [-0.4, -0.2) is 38.4 Å². The molecule has 1 aromatic rings. The molecule has 0 bridgehead atoms. The van der Waals surface area contributed by atoms with E-state index in [1.807, 2.05) is 12.1 Å². The molecule has 1 aliphatic rings. The molecule has 5 heteroatoms. The Morgan fingerprint density at radius 3 is 2.77 bits per heavy atom. The average molecular weight is 356 g/mol. The third-order valence-electron chi connectivity index (χ3n) is 4.90. The van der Waals surface area contributed by atoms with Crippen molar-refractivity contribution in [3.63, 3.8) is 0 Å². The first kappa shape index (κ1) is 20.0. The molecule has 0 aliphatic carbocycles. The second-order valence-corrected chi connectivity index (χ2v) is 7.28. The summed E-state index contributed by atoms with van der Waals surface area (Å²) in [6, 6.07) is 8.06. The lowest BCUT2D eigenvalue weighted by atomic mass is 9.79. The standard InChI is InChI=1S/C21H28N2O3/c1-6-23-19-8-7-16(12-18(19)15(2)13-21(23,3)4)11-17(14-22)20(24)26-10-9-25-5/h7-8,11-12,15H,6,9-10,13H2,1-5H3/b17-11-. The minimum atomic E-state index is -0.619. The van der Waals surface area contributed by atoms with Crippen molar-refractivity contribution in [2.75, 3.05) is 31.8 Å². The number of rotatable bonds is 6. The van der Waals surface area contributed by atoms with Crippen molar-refractivity contribution in [1.29, 1.82) is 5.26 Å². The number of carbonyl (C=O) groups is 1. The zero-order valence-electron chi connectivity index (χ0n) is 16.3. The Morgan fingerprint density at radius 1 is 1.42 bits per heavy atom. The van der Waals surface area contributed by atoms with Gasteiger partial charge in [-0.05, 0) is 62.4 Å². The molecule has 1 aromatic carbocycles. The average Bonchev–Trinajstić information content (AvgIpc) is 2.59. The fourth-order valence-corrected chi connectivity index (χ4v) is 3.80. The molecule has 5 nitrogen and oxygen atoms in total. The van der Waals surface area contributed by atoms with Gasteiger partial charge in [0.1, 0.15) is 18.2 Å². The first-order chi connectivity index (χ1) is 12.3. The summed E-state index contributed by atoms with van der Waals surface area (Å²) < 4.78 is 9.89. The van der Waals surface area contributed by atoms with Crippen LogP contribution in [0, 0.1) is 11.3 Å². The van der Waals surface area contributed by atoms with Crippen LogP contribution in [0.5, 0.6) is 0 Å². The van der Waals surface area contributed by atoms with Gasteiger partial charge in [-0.25, -0.2) is 4.79 Å². The second kappa shape index (κ2) is 8.37. The SMILES string of the molecule is CCN1c2ccc(/C=C(/C#N)C(=O)OCCOC)cc2C(C)CC1(C)C. The van der Waals surface area contributed by atoms with Crippen LogP contribution in [0.4, 0.5) is 5.69 Å². The molecule has 140 valence electrons. The molecule has 0 fully saturated rings. The third-order valence-corrected chi connectivity index (χ3v) is 4.90. The van der Waals surface area contributed by atoms with Gasteiger partial charge in [-0.3, -0.25) is 0 Å². The molecule has 2 rings (SSSR count). The summed E-state index contributed by atoms with van der Waals surface area (Å²) in [4.78, 5) is 14.4. The minimum absolute atomic E-state index is 0.00260. The van der Waals surface area contributed by atoms with Gasteiger partial charge >= 0.3 is 5.97 Å². The number of fused-ring (bicyclic) bond motifs is 1. The molecule has 0 amide bonds. The highest BCUT2D eigenvalue weighted by atomic mass is 16.6.